The fraction of sp³-hybridized carbons (Fsp3) is 0.154. The standard InChI is InChI=1S/C13H13NO3/c1-14(13(15)16)11-5-3-10-8-12(17-2)6-4-9(10)7-11/h3-8H,1-2H3,(H,15,16). The van der Waals surface area contributed by atoms with Crippen LogP contribution in [-0.2, 0) is 0 Å². The Morgan fingerprint density at radius 2 is 1.82 bits per heavy atom. The van der Waals surface area contributed by atoms with Gasteiger partial charge in [-0.25, -0.2) is 4.79 Å². The number of benzene rings is 2. The summed E-state index contributed by atoms with van der Waals surface area (Å²) in [5.41, 5.74) is 0.648. The predicted octanol–water partition coefficient (Wildman–Crippen LogP) is 2.96. The molecule has 1 amide bonds. The molecule has 0 radical (unpaired) electrons. The first-order valence-electron chi connectivity index (χ1n) is 5.16. The lowest BCUT2D eigenvalue weighted by Gasteiger charge is -2.13. The molecule has 0 bridgehead atoms. The highest BCUT2D eigenvalue weighted by molar-refractivity contribution is 5.92. The summed E-state index contributed by atoms with van der Waals surface area (Å²) in [5.74, 6) is 0.789. The number of rotatable bonds is 2. The van der Waals surface area contributed by atoms with Crippen molar-refractivity contribution in [1.82, 2.24) is 0 Å². The average Bonchev–Trinajstić information content (AvgIpc) is 2.36. The molecule has 0 spiro atoms. The Bertz CT molecular complexity index is 566. The number of hydrogen-bond acceptors (Lipinski definition) is 2. The van der Waals surface area contributed by atoms with Crippen LogP contribution in [0, 0.1) is 0 Å². The van der Waals surface area contributed by atoms with E-state index in [1.807, 2.05) is 30.3 Å². The summed E-state index contributed by atoms with van der Waals surface area (Å²) in [7, 11) is 3.14. The van der Waals surface area contributed by atoms with E-state index >= 15 is 0 Å². The molecule has 2 aromatic carbocycles. The zero-order valence-electron chi connectivity index (χ0n) is 9.68. The summed E-state index contributed by atoms with van der Waals surface area (Å²) >= 11 is 0. The summed E-state index contributed by atoms with van der Waals surface area (Å²) in [6.45, 7) is 0. The second-order valence-corrected chi connectivity index (χ2v) is 3.74. The molecule has 0 atom stereocenters. The maximum atomic E-state index is 10.8. The van der Waals surface area contributed by atoms with Crippen LogP contribution < -0.4 is 9.64 Å². The van der Waals surface area contributed by atoms with Gasteiger partial charge >= 0.3 is 6.09 Å². The first-order chi connectivity index (χ1) is 8.11. The Morgan fingerprint density at radius 1 is 1.18 bits per heavy atom. The third kappa shape index (κ3) is 2.15. The smallest absolute Gasteiger partial charge is 0.411 e. The highest BCUT2D eigenvalue weighted by atomic mass is 16.5. The van der Waals surface area contributed by atoms with Gasteiger partial charge < -0.3 is 9.84 Å². The van der Waals surface area contributed by atoms with E-state index in [2.05, 4.69) is 0 Å². The number of ether oxygens (including phenoxy) is 1. The number of anilines is 1. The number of methoxy groups -OCH3 is 1. The molecule has 0 aliphatic rings. The van der Waals surface area contributed by atoms with E-state index in [0.717, 1.165) is 16.5 Å². The molecule has 0 heterocycles. The molecule has 0 saturated carbocycles. The van der Waals surface area contributed by atoms with Crippen LogP contribution in [0.1, 0.15) is 0 Å². The SMILES string of the molecule is COc1ccc2cc(N(C)C(=O)O)ccc2c1. The van der Waals surface area contributed by atoms with Crippen molar-refractivity contribution in [3.8, 4) is 5.75 Å². The van der Waals surface area contributed by atoms with Crippen LogP contribution in [0.3, 0.4) is 0 Å². The Labute approximate surface area is 99.0 Å². The number of carboxylic acid groups (broad SMARTS) is 1. The van der Waals surface area contributed by atoms with Gasteiger partial charge in [0.15, 0.2) is 0 Å². The van der Waals surface area contributed by atoms with Crippen molar-refractivity contribution in [3.63, 3.8) is 0 Å². The molecule has 0 aliphatic heterocycles. The maximum absolute atomic E-state index is 10.8. The molecule has 0 fully saturated rings. The van der Waals surface area contributed by atoms with Crippen molar-refractivity contribution in [2.24, 2.45) is 0 Å². The normalized spacial score (nSPS) is 10.2. The molecule has 0 aliphatic carbocycles. The second-order valence-electron chi connectivity index (χ2n) is 3.74. The van der Waals surface area contributed by atoms with Crippen molar-refractivity contribution in [1.29, 1.82) is 0 Å². The van der Waals surface area contributed by atoms with Gasteiger partial charge in [-0.2, -0.15) is 0 Å². The molecule has 2 rings (SSSR count). The highest BCUT2D eigenvalue weighted by Crippen LogP contribution is 2.25. The molecular weight excluding hydrogens is 218 g/mol. The summed E-state index contributed by atoms with van der Waals surface area (Å²) < 4.78 is 5.13. The fourth-order valence-corrected chi connectivity index (χ4v) is 1.66. The van der Waals surface area contributed by atoms with E-state index in [-0.39, 0.29) is 0 Å². The lowest BCUT2D eigenvalue weighted by Crippen LogP contribution is -2.23. The first-order valence-corrected chi connectivity index (χ1v) is 5.16. The van der Waals surface area contributed by atoms with Crippen molar-refractivity contribution in [2.45, 2.75) is 0 Å². The van der Waals surface area contributed by atoms with E-state index in [1.165, 1.54) is 11.9 Å². The minimum atomic E-state index is -0.974. The summed E-state index contributed by atoms with van der Waals surface area (Å²) in [6, 6.07) is 11.2. The second kappa shape index (κ2) is 4.33. The molecule has 2 aromatic rings. The first kappa shape index (κ1) is 11.3. The van der Waals surface area contributed by atoms with E-state index in [4.69, 9.17) is 9.84 Å². The van der Waals surface area contributed by atoms with Gasteiger partial charge in [0.05, 0.1) is 7.11 Å². The highest BCUT2D eigenvalue weighted by Gasteiger charge is 2.08. The Kier molecular flexibility index (Phi) is 2.87. The van der Waals surface area contributed by atoms with Crippen LogP contribution in [0.25, 0.3) is 10.8 Å². The minimum absolute atomic E-state index is 0.648. The molecule has 17 heavy (non-hydrogen) atoms. The Balaban J connectivity index is 2.48. The number of carbonyl (C=O) groups is 1. The topological polar surface area (TPSA) is 49.8 Å². The molecule has 88 valence electrons. The number of nitrogens with zero attached hydrogens (tertiary/aromatic N) is 1. The van der Waals surface area contributed by atoms with Crippen molar-refractivity contribution in [2.75, 3.05) is 19.1 Å². The lowest BCUT2D eigenvalue weighted by atomic mass is 10.1. The largest absolute Gasteiger partial charge is 0.497 e. The maximum Gasteiger partial charge on any atom is 0.411 e. The third-order valence-electron chi connectivity index (χ3n) is 2.71. The van der Waals surface area contributed by atoms with Gasteiger partial charge in [-0.15, -0.1) is 0 Å². The minimum Gasteiger partial charge on any atom is -0.497 e. The molecule has 4 heteroatoms. The molecule has 0 saturated heterocycles. The van der Waals surface area contributed by atoms with Gasteiger partial charge in [-0.3, -0.25) is 4.90 Å². The summed E-state index contributed by atoms with van der Waals surface area (Å²) in [5, 5.41) is 10.9. The van der Waals surface area contributed by atoms with E-state index < -0.39 is 6.09 Å². The van der Waals surface area contributed by atoms with E-state index in [0.29, 0.717) is 5.69 Å². The van der Waals surface area contributed by atoms with E-state index in [1.54, 1.807) is 13.2 Å². The van der Waals surface area contributed by atoms with Gasteiger partial charge in [0.2, 0.25) is 0 Å². The van der Waals surface area contributed by atoms with Gasteiger partial charge in [0.25, 0.3) is 0 Å². The van der Waals surface area contributed by atoms with Crippen molar-refractivity contribution in [3.05, 3.63) is 36.4 Å². The zero-order chi connectivity index (χ0) is 12.4. The molecule has 0 aromatic heterocycles. The van der Waals surface area contributed by atoms with Crippen LogP contribution in [-0.4, -0.2) is 25.4 Å². The van der Waals surface area contributed by atoms with Gasteiger partial charge in [0, 0.05) is 12.7 Å². The van der Waals surface area contributed by atoms with Crippen LogP contribution >= 0.6 is 0 Å². The molecular formula is C13H13NO3. The van der Waals surface area contributed by atoms with Crippen LogP contribution in [0.4, 0.5) is 10.5 Å². The summed E-state index contributed by atoms with van der Waals surface area (Å²) in [6.07, 6.45) is -0.974. The third-order valence-corrected chi connectivity index (χ3v) is 2.71. The Morgan fingerprint density at radius 3 is 2.47 bits per heavy atom. The van der Waals surface area contributed by atoms with Crippen molar-refractivity contribution < 1.29 is 14.6 Å². The number of fused-ring (bicyclic) bond motifs is 1. The van der Waals surface area contributed by atoms with Crippen LogP contribution in [0.5, 0.6) is 5.75 Å². The monoisotopic (exact) mass is 231 g/mol. The molecule has 1 N–H and O–H groups in total. The number of hydrogen-bond donors (Lipinski definition) is 1. The number of amides is 1. The molecule has 4 nitrogen and oxygen atoms in total. The summed E-state index contributed by atoms with van der Waals surface area (Å²) in [4.78, 5) is 12.0. The lowest BCUT2D eigenvalue weighted by molar-refractivity contribution is 0.203. The van der Waals surface area contributed by atoms with Crippen LogP contribution in [0.2, 0.25) is 0 Å². The zero-order valence-corrected chi connectivity index (χ0v) is 9.68. The van der Waals surface area contributed by atoms with E-state index in [9.17, 15) is 4.79 Å². The fourth-order valence-electron chi connectivity index (χ4n) is 1.66. The van der Waals surface area contributed by atoms with Crippen molar-refractivity contribution >= 4 is 22.6 Å². The van der Waals surface area contributed by atoms with Crippen LogP contribution in [0.15, 0.2) is 36.4 Å². The Hall–Kier alpha value is -2.23. The van der Waals surface area contributed by atoms with Gasteiger partial charge in [-0.1, -0.05) is 12.1 Å². The average molecular weight is 231 g/mol. The predicted molar refractivity (Wildman–Crippen MR) is 66.9 cm³/mol. The van der Waals surface area contributed by atoms with Gasteiger partial charge in [-0.05, 0) is 35.0 Å². The van der Waals surface area contributed by atoms with Gasteiger partial charge in [0.1, 0.15) is 5.75 Å². The quantitative estimate of drug-likeness (QED) is 0.864. The molecule has 0 unspecified atom stereocenters.